The number of fused-ring (bicyclic) bond motifs is 1. The Kier molecular flexibility index (Phi) is 6.66. The minimum Gasteiger partial charge on any atom is -0.440 e. The lowest BCUT2D eigenvalue weighted by atomic mass is 9.78. The highest BCUT2D eigenvalue weighted by Crippen LogP contribution is 2.50. The standard InChI is InChI=1S/C29H36N4O2/c1-8-33(9-2)23-15-17-26(27(19-23)30-3)29(20-10-12-21(13-11-20)31(4)5)25-16-14-22(32(6)7)18-24(25)28(34)35-29/h10-19,30H,8-9H2,1-7H3. The number of benzene rings is 3. The summed E-state index contributed by atoms with van der Waals surface area (Å²) in [6.07, 6.45) is 0. The van der Waals surface area contributed by atoms with Crippen LogP contribution in [0.1, 0.15) is 40.9 Å². The average Bonchev–Trinajstić information content (AvgIpc) is 3.17. The van der Waals surface area contributed by atoms with E-state index in [1.807, 2.05) is 58.3 Å². The summed E-state index contributed by atoms with van der Waals surface area (Å²) < 4.78 is 6.40. The van der Waals surface area contributed by atoms with Gasteiger partial charge in [-0.05, 0) is 50.2 Å². The van der Waals surface area contributed by atoms with Crippen molar-refractivity contribution in [2.75, 3.05) is 68.3 Å². The number of carbonyl (C=O) groups is 1. The maximum atomic E-state index is 13.4. The second-order valence-corrected chi connectivity index (χ2v) is 9.29. The summed E-state index contributed by atoms with van der Waals surface area (Å²) in [4.78, 5) is 19.7. The molecule has 3 aromatic rings. The first-order valence-corrected chi connectivity index (χ1v) is 12.2. The van der Waals surface area contributed by atoms with Crippen LogP contribution in [0.25, 0.3) is 0 Å². The van der Waals surface area contributed by atoms with Gasteiger partial charge in [0.1, 0.15) is 0 Å². The van der Waals surface area contributed by atoms with E-state index in [4.69, 9.17) is 4.74 Å². The van der Waals surface area contributed by atoms with Crippen molar-refractivity contribution in [3.63, 3.8) is 0 Å². The maximum absolute atomic E-state index is 13.4. The van der Waals surface area contributed by atoms with Gasteiger partial charge in [0.2, 0.25) is 0 Å². The lowest BCUT2D eigenvalue weighted by Gasteiger charge is -2.33. The number of nitrogens with one attached hydrogen (secondary N) is 1. The molecule has 0 radical (unpaired) electrons. The Balaban J connectivity index is 1.99. The SMILES string of the molecule is CCN(CC)c1ccc(C2(c3ccc(N(C)C)cc3)OC(=O)c3cc(N(C)C)ccc32)c(NC)c1. The van der Waals surface area contributed by atoms with E-state index in [-0.39, 0.29) is 5.97 Å². The van der Waals surface area contributed by atoms with Crippen LogP contribution in [0.5, 0.6) is 0 Å². The second kappa shape index (κ2) is 9.53. The molecule has 0 saturated heterocycles. The Hall–Kier alpha value is -3.67. The highest BCUT2D eigenvalue weighted by atomic mass is 16.6. The highest BCUT2D eigenvalue weighted by molar-refractivity contribution is 5.98. The maximum Gasteiger partial charge on any atom is 0.340 e. The largest absolute Gasteiger partial charge is 0.440 e. The molecule has 0 bridgehead atoms. The van der Waals surface area contributed by atoms with Crippen LogP contribution in [0, 0.1) is 0 Å². The highest BCUT2D eigenvalue weighted by Gasteiger charge is 2.50. The Morgan fingerprint density at radius 3 is 1.91 bits per heavy atom. The molecule has 1 heterocycles. The molecular formula is C29H36N4O2. The summed E-state index contributed by atoms with van der Waals surface area (Å²) in [7, 11) is 9.90. The first-order chi connectivity index (χ1) is 16.8. The third kappa shape index (κ3) is 4.07. The number of hydrogen-bond donors (Lipinski definition) is 1. The number of carbonyl (C=O) groups excluding carboxylic acids is 1. The van der Waals surface area contributed by atoms with Gasteiger partial charge in [-0.3, -0.25) is 0 Å². The number of esters is 1. The molecule has 0 aliphatic carbocycles. The van der Waals surface area contributed by atoms with Crippen LogP contribution in [0.2, 0.25) is 0 Å². The number of cyclic esters (lactones) is 1. The van der Waals surface area contributed by atoms with E-state index >= 15 is 0 Å². The fourth-order valence-electron chi connectivity index (χ4n) is 4.93. The fraction of sp³-hybridized carbons (Fsp3) is 0.345. The van der Waals surface area contributed by atoms with Gasteiger partial charge in [0.05, 0.1) is 5.56 Å². The lowest BCUT2D eigenvalue weighted by Crippen LogP contribution is -2.31. The van der Waals surface area contributed by atoms with Gasteiger partial charge in [-0.25, -0.2) is 4.79 Å². The van der Waals surface area contributed by atoms with Crippen molar-refractivity contribution in [3.8, 4) is 0 Å². The fourth-order valence-corrected chi connectivity index (χ4v) is 4.93. The van der Waals surface area contributed by atoms with E-state index < -0.39 is 5.60 Å². The van der Waals surface area contributed by atoms with Crippen molar-refractivity contribution in [2.45, 2.75) is 19.4 Å². The first kappa shape index (κ1) is 24.5. The van der Waals surface area contributed by atoms with E-state index in [0.29, 0.717) is 5.56 Å². The molecule has 6 heteroatoms. The van der Waals surface area contributed by atoms with Crippen molar-refractivity contribution in [1.29, 1.82) is 0 Å². The topological polar surface area (TPSA) is 48.1 Å². The lowest BCUT2D eigenvalue weighted by molar-refractivity contribution is 0.0253. The van der Waals surface area contributed by atoms with Crippen molar-refractivity contribution >= 4 is 28.7 Å². The molecule has 1 aliphatic rings. The molecule has 1 unspecified atom stereocenters. The molecule has 6 nitrogen and oxygen atoms in total. The van der Waals surface area contributed by atoms with Crippen LogP contribution in [-0.4, -0.2) is 54.3 Å². The molecule has 0 saturated carbocycles. The van der Waals surface area contributed by atoms with Gasteiger partial charge in [0.15, 0.2) is 5.60 Å². The number of hydrogen-bond acceptors (Lipinski definition) is 6. The number of nitrogens with zero attached hydrogens (tertiary/aromatic N) is 3. The van der Waals surface area contributed by atoms with Crippen LogP contribution >= 0.6 is 0 Å². The van der Waals surface area contributed by atoms with Crippen molar-refractivity contribution in [1.82, 2.24) is 0 Å². The van der Waals surface area contributed by atoms with Crippen molar-refractivity contribution < 1.29 is 9.53 Å². The van der Waals surface area contributed by atoms with Crippen molar-refractivity contribution in [3.05, 3.63) is 82.9 Å². The predicted molar refractivity (Wildman–Crippen MR) is 146 cm³/mol. The summed E-state index contributed by atoms with van der Waals surface area (Å²) >= 11 is 0. The summed E-state index contributed by atoms with van der Waals surface area (Å²) in [6.45, 7) is 6.14. The second-order valence-electron chi connectivity index (χ2n) is 9.29. The number of anilines is 4. The molecule has 0 spiro atoms. The molecule has 35 heavy (non-hydrogen) atoms. The zero-order chi connectivity index (χ0) is 25.3. The molecule has 1 atom stereocenters. The normalized spacial score (nSPS) is 16.5. The smallest absolute Gasteiger partial charge is 0.340 e. The minimum atomic E-state index is -1.05. The van der Waals surface area contributed by atoms with Gasteiger partial charge in [-0.1, -0.05) is 24.3 Å². The predicted octanol–water partition coefficient (Wildman–Crippen LogP) is 5.17. The minimum absolute atomic E-state index is 0.310. The van der Waals surface area contributed by atoms with Crippen molar-refractivity contribution in [2.24, 2.45) is 0 Å². The molecule has 3 aromatic carbocycles. The molecule has 0 aromatic heterocycles. The molecule has 1 aliphatic heterocycles. The average molecular weight is 473 g/mol. The summed E-state index contributed by atoms with van der Waals surface area (Å²) in [5.74, 6) is -0.310. The van der Waals surface area contributed by atoms with Crippen LogP contribution in [-0.2, 0) is 10.3 Å². The van der Waals surface area contributed by atoms with Crippen LogP contribution in [0.3, 0.4) is 0 Å². The molecule has 1 N–H and O–H groups in total. The Labute approximate surface area is 209 Å². The van der Waals surface area contributed by atoms with E-state index in [9.17, 15) is 4.79 Å². The summed E-state index contributed by atoms with van der Waals surface area (Å²) in [6, 6.07) is 20.7. The van der Waals surface area contributed by atoms with Gasteiger partial charge in [0, 0.05) is 87.8 Å². The zero-order valence-corrected chi connectivity index (χ0v) is 21.8. The van der Waals surface area contributed by atoms with Crippen LogP contribution < -0.4 is 20.0 Å². The molecule has 0 amide bonds. The third-order valence-electron chi connectivity index (χ3n) is 6.94. The van der Waals surface area contributed by atoms with Crippen LogP contribution in [0.4, 0.5) is 22.7 Å². The van der Waals surface area contributed by atoms with E-state index in [0.717, 1.165) is 52.5 Å². The molecule has 4 rings (SSSR count). The first-order valence-electron chi connectivity index (χ1n) is 12.2. The summed E-state index contributed by atoms with van der Waals surface area (Å²) in [5.41, 5.74) is 6.35. The van der Waals surface area contributed by atoms with Gasteiger partial charge in [-0.15, -0.1) is 0 Å². The molecular weight excluding hydrogens is 436 g/mol. The molecule has 0 fully saturated rings. The van der Waals surface area contributed by atoms with E-state index in [1.165, 1.54) is 0 Å². The number of rotatable bonds is 8. The Morgan fingerprint density at radius 2 is 1.34 bits per heavy atom. The Morgan fingerprint density at radius 1 is 0.771 bits per heavy atom. The molecule has 184 valence electrons. The number of ether oxygens (including phenoxy) is 1. The van der Waals surface area contributed by atoms with Gasteiger partial charge in [0.25, 0.3) is 0 Å². The van der Waals surface area contributed by atoms with Gasteiger partial charge in [-0.2, -0.15) is 0 Å². The Bertz CT molecular complexity index is 1220. The summed E-state index contributed by atoms with van der Waals surface area (Å²) in [5, 5.41) is 3.38. The monoisotopic (exact) mass is 472 g/mol. The zero-order valence-electron chi connectivity index (χ0n) is 21.8. The van der Waals surface area contributed by atoms with E-state index in [2.05, 4.69) is 71.4 Å². The third-order valence-corrected chi connectivity index (χ3v) is 6.94. The van der Waals surface area contributed by atoms with Crippen LogP contribution in [0.15, 0.2) is 60.7 Å². The quantitative estimate of drug-likeness (QED) is 0.457. The van der Waals surface area contributed by atoms with E-state index in [1.54, 1.807) is 0 Å². The van der Waals surface area contributed by atoms with Gasteiger partial charge < -0.3 is 24.8 Å². The van der Waals surface area contributed by atoms with Gasteiger partial charge >= 0.3 is 5.97 Å².